The number of benzene rings is 2. The van der Waals surface area contributed by atoms with Crippen molar-refractivity contribution in [2.24, 2.45) is 0 Å². The number of piperidine rings is 1. The number of imide groups is 1. The first-order chi connectivity index (χ1) is 15.6. The summed E-state index contributed by atoms with van der Waals surface area (Å²) in [5, 5.41) is 5.81. The topological polar surface area (TPSA) is 81.8 Å². The van der Waals surface area contributed by atoms with E-state index in [0.29, 0.717) is 6.42 Å². The van der Waals surface area contributed by atoms with Crippen LogP contribution in [0.15, 0.2) is 60.7 Å². The molecule has 2 saturated heterocycles. The highest BCUT2D eigenvalue weighted by atomic mass is 16.2. The predicted octanol–water partition coefficient (Wildman–Crippen LogP) is 2.67. The van der Waals surface area contributed by atoms with Crippen molar-refractivity contribution in [2.75, 3.05) is 13.1 Å². The van der Waals surface area contributed by atoms with Gasteiger partial charge >= 0.3 is 6.03 Å². The second-order valence-electron chi connectivity index (χ2n) is 8.55. The van der Waals surface area contributed by atoms with Crippen LogP contribution in [0.4, 0.5) is 4.79 Å². The molecule has 2 aliphatic heterocycles. The molecule has 0 aliphatic carbocycles. The Labute approximate surface area is 188 Å². The Morgan fingerprint density at radius 2 is 1.50 bits per heavy atom. The largest absolute Gasteiger partial charge is 0.353 e. The SMILES string of the molecule is O=C(CC[C@H]1NC(=O)N(Cc2ccccc2)C1=O)NC1CCN(Cc2ccccc2)CC1. The molecule has 1 atom stereocenters. The van der Waals surface area contributed by atoms with E-state index in [1.807, 2.05) is 36.4 Å². The zero-order valence-electron chi connectivity index (χ0n) is 18.2. The molecule has 0 radical (unpaired) electrons. The first-order valence-corrected chi connectivity index (χ1v) is 11.3. The van der Waals surface area contributed by atoms with Crippen LogP contribution in [0.2, 0.25) is 0 Å². The fraction of sp³-hybridized carbons (Fsp3) is 0.400. The molecule has 2 aromatic carbocycles. The summed E-state index contributed by atoms with van der Waals surface area (Å²) >= 11 is 0. The highest BCUT2D eigenvalue weighted by molar-refractivity contribution is 6.04. The van der Waals surface area contributed by atoms with Crippen molar-refractivity contribution in [1.29, 1.82) is 0 Å². The van der Waals surface area contributed by atoms with Gasteiger partial charge in [-0.3, -0.25) is 19.4 Å². The maximum atomic E-state index is 12.6. The Morgan fingerprint density at radius 3 is 2.12 bits per heavy atom. The average Bonchev–Trinajstić information content (AvgIpc) is 3.08. The molecule has 0 unspecified atom stereocenters. The molecule has 32 heavy (non-hydrogen) atoms. The van der Waals surface area contributed by atoms with Crippen molar-refractivity contribution in [2.45, 2.75) is 50.9 Å². The molecule has 7 nitrogen and oxygen atoms in total. The first kappa shape index (κ1) is 22.0. The minimum atomic E-state index is -0.635. The number of nitrogens with zero attached hydrogens (tertiary/aromatic N) is 2. The minimum Gasteiger partial charge on any atom is -0.353 e. The number of hydrogen-bond donors (Lipinski definition) is 2. The van der Waals surface area contributed by atoms with E-state index in [0.717, 1.165) is 38.0 Å². The van der Waals surface area contributed by atoms with E-state index >= 15 is 0 Å². The summed E-state index contributed by atoms with van der Waals surface area (Å²) in [5.74, 6) is -0.323. The number of amides is 4. The molecule has 2 fully saturated rings. The normalized spacial score (nSPS) is 19.8. The van der Waals surface area contributed by atoms with Gasteiger partial charge in [-0.05, 0) is 30.4 Å². The smallest absolute Gasteiger partial charge is 0.325 e. The van der Waals surface area contributed by atoms with Gasteiger partial charge in [0.05, 0.1) is 6.54 Å². The third-order valence-electron chi connectivity index (χ3n) is 6.15. The lowest BCUT2D eigenvalue weighted by molar-refractivity contribution is -0.128. The second kappa shape index (κ2) is 10.4. The summed E-state index contributed by atoms with van der Waals surface area (Å²) in [6.07, 6.45) is 2.37. The Bertz CT molecular complexity index is 927. The van der Waals surface area contributed by atoms with E-state index in [1.54, 1.807) is 0 Å². The van der Waals surface area contributed by atoms with Crippen LogP contribution in [-0.4, -0.2) is 52.8 Å². The van der Waals surface area contributed by atoms with Crippen LogP contribution < -0.4 is 10.6 Å². The molecule has 0 aromatic heterocycles. The summed E-state index contributed by atoms with van der Waals surface area (Å²) in [5.41, 5.74) is 2.20. The highest BCUT2D eigenvalue weighted by Gasteiger charge is 2.37. The minimum absolute atomic E-state index is 0.0601. The Balaban J connectivity index is 1.18. The van der Waals surface area contributed by atoms with Crippen LogP contribution in [0.25, 0.3) is 0 Å². The van der Waals surface area contributed by atoms with Gasteiger partial charge in [0.2, 0.25) is 5.91 Å². The van der Waals surface area contributed by atoms with Gasteiger partial charge in [-0.2, -0.15) is 0 Å². The third kappa shape index (κ3) is 5.73. The molecular formula is C25H30N4O3. The molecule has 2 N–H and O–H groups in total. The number of urea groups is 1. The van der Waals surface area contributed by atoms with Gasteiger partial charge in [-0.15, -0.1) is 0 Å². The van der Waals surface area contributed by atoms with Crippen molar-refractivity contribution in [3.05, 3.63) is 71.8 Å². The van der Waals surface area contributed by atoms with Gasteiger partial charge in [0.25, 0.3) is 5.91 Å². The van der Waals surface area contributed by atoms with E-state index in [1.165, 1.54) is 10.5 Å². The van der Waals surface area contributed by atoms with Gasteiger partial charge in [-0.25, -0.2) is 4.79 Å². The van der Waals surface area contributed by atoms with Crippen LogP contribution in [0.5, 0.6) is 0 Å². The average molecular weight is 435 g/mol. The lowest BCUT2D eigenvalue weighted by Gasteiger charge is -2.32. The Hall–Kier alpha value is -3.19. The Kier molecular flexibility index (Phi) is 7.17. The molecular weight excluding hydrogens is 404 g/mol. The second-order valence-corrected chi connectivity index (χ2v) is 8.55. The zero-order valence-corrected chi connectivity index (χ0v) is 18.2. The van der Waals surface area contributed by atoms with Crippen molar-refractivity contribution >= 4 is 17.8 Å². The van der Waals surface area contributed by atoms with Crippen molar-refractivity contribution in [3.63, 3.8) is 0 Å². The predicted molar refractivity (Wildman–Crippen MR) is 121 cm³/mol. The Morgan fingerprint density at radius 1 is 0.906 bits per heavy atom. The van der Waals surface area contributed by atoms with Crippen LogP contribution in [0, 0.1) is 0 Å². The highest BCUT2D eigenvalue weighted by Crippen LogP contribution is 2.17. The standard InChI is InChI=1S/C25H30N4O3/c30-23(26-21-13-15-28(16-14-21)17-19-7-3-1-4-8-19)12-11-22-24(31)29(25(32)27-22)18-20-9-5-2-6-10-20/h1-10,21-22H,11-18H2,(H,26,30)(H,27,32)/t22-/m1/s1. The van der Waals surface area contributed by atoms with Gasteiger partial charge in [-0.1, -0.05) is 60.7 Å². The van der Waals surface area contributed by atoms with Crippen LogP contribution in [-0.2, 0) is 22.7 Å². The number of nitrogens with one attached hydrogen (secondary N) is 2. The fourth-order valence-corrected chi connectivity index (χ4v) is 4.34. The van der Waals surface area contributed by atoms with Gasteiger partial charge < -0.3 is 10.6 Å². The van der Waals surface area contributed by atoms with Gasteiger partial charge in [0, 0.05) is 32.1 Å². The van der Waals surface area contributed by atoms with E-state index in [-0.39, 0.29) is 30.8 Å². The lowest BCUT2D eigenvalue weighted by Crippen LogP contribution is -2.44. The van der Waals surface area contributed by atoms with Crippen LogP contribution in [0.1, 0.15) is 36.8 Å². The summed E-state index contributed by atoms with van der Waals surface area (Å²) < 4.78 is 0. The number of carbonyl (C=O) groups excluding carboxylic acids is 3. The zero-order chi connectivity index (χ0) is 22.3. The first-order valence-electron chi connectivity index (χ1n) is 11.3. The molecule has 4 rings (SSSR count). The molecule has 7 heteroatoms. The van der Waals surface area contributed by atoms with E-state index < -0.39 is 12.1 Å². The fourth-order valence-electron chi connectivity index (χ4n) is 4.34. The molecule has 0 bridgehead atoms. The third-order valence-corrected chi connectivity index (χ3v) is 6.15. The summed E-state index contributed by atoms with van der Waals surface area (Å²) in [4.78, 5) is 40.9. The quantitative estimate of drug-likeness (QED) is 0.626. The summed E-state index contributed by atoms with van der Waals surface area (Å²) in [7, 11) is 0. The number of carbonyl (C=O) groups is 3. The van der Waals surface area contributed by atoms with Crippen molar-refractivity contribution in [1.82, 2.24) is 20.4 Å². The molecule has 0 saturated carbocycles. The molecule has 4 amide bonds. The summed E-state index contributed by atoms with van der Waals surface area (Å²) in [6.45, 7) is 3.08. The van der Waals surface area contributed by atoms with Gasteiger partial charge in [0.15, 0.2) is 0 Å². The monoisotopic (exact) mass is 434 g/mol. The molecule has 2 aromatic rings. The number of rotatable bonds is 8. The molecule has 0 spiro atoms. The number of hydrogen-bond acceptors (Lipinski definition) is 4. The molecule has 168 valence electrons. The van der Waals surface area contributed by atoms with E-state index in [4.69, 9.17) is 0 Å². The maximum absolute atomic E-state index is 12.6. The van der Waals surface area contributed by atoms with Crippen molar-refractivity contribution < 1.29 is 14.4 Å². The van der Waals surface area contributed by atoms with Crippen molar-refractivity contribution in [3.8, 4) is 0 Å². The molecule has 2 aliphatic rings. The maximum Gasteiger partial charge on any atom is 0.325 e. The van der Waals surface area contributed by atoms with Crippen LogP contribution >= 0.6 is 0 Å². The van der Waals surface area contributed by atoms with E-state index in [9.17, 15) is 14.4 Å². The number of likely N-dealkylation sites (tertiary alicyclic amines) is 1. The van der Waals surface area contributed by atoms with E-state index in [2.05, 4.69) is 39.8 Å². The summed E-state index contributed by atoms with van der Waals surface area (Å²) in [6, 6.07) is 19.0. The molecule has 2 heterocycles. The lowest BCUT2D eigenvalue weighted by atomic mass is 10.0. The van der Waals surface area contributed by atoms with Gasteiger partial charge in [0.1, 0.15) is 6.04 Å². The van der Waals surface area contributed by atoms with Crippen LogP contribution in [0.3, 0.4) is 0 Å².